The SMILES string of the molecule is CC1CCN(c2ccccc2S(C)(=O)=O)C1C. The van der Waals surface area contributed by atoms with Crippen LogP contribution in [0, 0.1) is 5.92 Å². The van der Waals surface area contributed by atoms with Crippen molar-refractivity contribution < 1.29 is 8.42 Å². The van der Waals surface area contributed by atoms with Gasteiger partial charge in [-0.25, -0.2) is 8.42 Å². The molecule has 0 saturated carbocycles. The van der Waals surface area contributed by atoms with Crippen molar-refractivity contribution in [3.63, 3.8) is 0 Å². The third-order valence-electron chi connectivity index (χ3n) is 3.71. The molecule has 0 bridgehead atoms. The van der Waals surface area contributed by atoms with Gasteiger partial charge in [0.05, 0.1) is 10.6 Å². The molecule has 0 N–H and O–H groups in total. The van der Waals surface area contributed by atoms with Gasteiger partial charge in [-0.1, -0.05) is 19.1 Å². The Morgan fingerprint density at radius 2 is 1.88 bits per heavy atom. The Labute approximate surface area is 103 Å². The van der Waals surface area contributed by atoms with Crippen LogP contribution in [-0.4, -0.2) is 27.3 Å². The van der Waals surface area contributed by atoms with E-state index in [1.54, 1.807) is 12.1 Å². The van der Waals surface area contributed by atoms with Crippen LogP contribution in [0.4, 0.5) is 5.69 Å². The molecule has 1 aromatic carbocycles. The van der Waals surface area contributed by atoms with E-state index in [1.165, 1.54) is 6.26 Å². The maximum absolute atomic E-state index is 11.8. The highest BCUT2D eigenvalue weighted by Gasteiger charge is 2.30. The third-order valence-corrected chi connectivity index (χ3v) is 4.86. The van der Waals surface area contributed by atoms with E-state index < -0.39 is 9.84 Å². The van der Waals surface area contributed by atoms with Crippen LogP contribution in [0.2, 0.25) is 0 Å². The first-order chi connectivity index (χ1) is 7.91. The van der Waals surface area contributed by atoms with E-state index in [2.05, 4.69) is 18.7 Å². The Bertz CT molecular complexity index is 510. The molecule has 1 aromatic rings. The van der Waals surface area contributed by atoms with Crippen LogP contribution in [0.5, 0.6) is 0 Å². The van der Waals surface area contributed by atoms with E-state index >= 15 is 0 Å². The molecule has 2 atom stereocenters. The maximum Gasteiger partial charge on any atom is 0.177 e. The minimum absolute atomic E-state index is 0.401. The summed E-state index contributed by atoms with van der Waals surface area (Å²) in [5.41, 5.74) is 0.854. The average Bonchev–Trinajstić information content (AvgIpc) is 2.59. The number of sulfone groups is 1. The van der Waals surface area contributed by atoms with E-state index in [0.717, 1.165) is 18.7 Å². The first kappa shape index (κ1) is 12.4. The number of hydrogen-bond acceptors (Lipinski definition) is 3. The van der Waals surface area contributed by atoms with Crippen molar-refractivity contribution in [1.29, 1.82) is 0 Å². The lowest BCUT2D eigenvalue weighted by molar-refractivity contribution is 0.544. The molecule has 1 fully saturated rings. The zero-order chi connectivity index (χ0) is 12.6. The van der Waals surface area contributed by atoms with Crippen LogP contribution in [0.15, 0.2) is 29.2 Å². The largest absolute Gasteiger partial charge is 0.367 e. The summed E-state index contributed by atoms with van der Waals surface area (Å²) < 4.78 is 23.5. The van der Waals surface area contributed by atoms with E-state index in [0.29, 0.717) is 16.9 Å². The summed E-state index contributed by atoms with van der Waals surface area (Å²) in [4.78, 5) is 2.65. The molecule has 0 amide bonds. The van der Waals surface area contributed by atoms with Gasteiger partial charge in [0.1, 0.15) is 0 Å². The van der Waals surface area contributed by atoms with Gasteiger partial charge < -0.3 is 4.90 Å². The van der Waals surface area contributed by atoms with Crippen LogP contribution < -0.4 is 4.90 Å². The first-order valence-electron chi connectivity index (χ1n) is 5.97. The molecular weight excluding hydrogens is 234 g/mol. The molecule has 0 radical (unpaired) electrons. The van der Waals surface area contributed by atoms with Gasteiger partial charge in [0.15, 0.2) is 9.84 Å². The lowest BCUT2D eigenvalue weighted by atomic mass is 10.1. The zero-order valence-corrected chi connectivity index (χ0v) is 11.4. The van der Waals surface area contributed by atoms with Gasteiger partial charge in [-0.3, -0.25) is 0 Å². The van der Waals surface area contributed by atoms with Crippen molar-refractivity contribution in [3.05, 3.63) is 24.3 Å². The van der Waals surface area contributed by atoms with Crippen LogP contribution in [0.3, 0.4) is 0 Å². The number of para-hydroxylation sites is 1. The Morgan fingerprint density at radius 3 is 2.41 bits per heavy atom. The fourth-order valence-corrected chi connectivity index (χ4v) is 3.33. The summed E-state index contributed by atoms with van der Waals surface area (Å²) in [5.74, 6) is 0.614. The molecule has 2 unspecified atom stereocenters. The summed E-state index contributed by atoms with van der Waals surface area (Å²) in [7, 11) is -3.15. The predicted molar refractivity (Wildman–Crippen MR) is 70.1 cm³/mol. The van der Waals surface area contributed by atoms with Crippen molar-refractivity contribution in [2.75, 3.05) is 17.7 Å². The Hall–Kier alpha value is -1.03. The zero-order valence-electron chi connectivity index (χ0n) is 10.6. The molecule has 0 aromatic heterocycles. The van der Waals surface area contributed by atoms with Gasteiger partial charge in [-0.05, 0) is 31.4 Å². The standard InChI is InChI=1S/C13H19NO2S/c1-10-8-9-14(11(10)2)12-6-4-5-7-13(12)17(3,15)16/h4-7,10-11H,8-9H2,1-3H3. The summed E-state index contributed by atoms with van der Waals surface area (Å²) in [6.45, 7) is 5.32. The molecule has 0 aliphatic carbocycles. The summed E-state index contributed by atoms with van der Waals surface area (Å²) in [6.07, 6.45) is 2.40. The molecule has 4 heteroatoms. The highest BCUT2D eigenvalue weighted by Crippen LogP contribution is 2.33. The summed E-state index contributed by atoms with van der Waals surface area (Å²) in [5, 5.41) is 0. The second-order valence-electron chi connectivity index (χ2n) is 4.94. The maximum atomic E-state index is 11.8. The van der Waals surface area contributed by atoms with Crippen molar-refractivity contribution in [2.45, 2.75) is 31.2 Å². The lowest BCUT2D eigenvalue weighted by Crippen LogP contribution is -2.30. The van der Waals surface area contributed by atoms with Crippen molar-refractivity contribution in [3.8, 4) is 0 Å². The van der Waals surface area contributed by atoms with E-state index in [4.69, 9.17) is 0 Å². The third kappa shape index (κ3) is 2.32. The van der Waals surface area contributed by atoms with E-state index in [1.807, 2.05) is 12.1 Å². The molecule has 0 spiro atoms. The number of hydrogen-bond donors (Lipinski definition) is 0. The normalized spacial score (nSPS) is 25.2. The van der Waals surface area contributed by atoms with Gasteiger partial charge >= 0.3 is 0 Å². The molecule has 3 nitrogen and oxygen atoms in total. The summed E-state index contributed by atoms with van der Waals surface area (Å²) >= 11 is 0. The van der Waals surface area contributed by atoms with Gasteiger partial charge in [-0.15, -0.1) is 0 Å². The molecule has 1 saturated heterocycles. The highest BCUT2D eigenvalue weighted by atomic mass is 32.2. The fraction of sp³-hybridized carbons (Fsp3) is 0.538. The highest BCUT2D eigenvalue weighted by molar-refractivity contribution is 7.90. The molecule has 1 heterocycles. The molecule has 2 rings (SSSR count). The van der Waals surface area contributed by atoms with Crippen LogP contribution in [0.1, 0.15) is 20.3 Å². The minimum atomic E-state index is -3.15. The second-order valence-corrected chi connectivity index (χ2v) is 6.92. The second kappa shape index (κ2) is 4.33. The topological polar surface area (TPSA) is 37.4 Å². The van der Waals surface area contributed by atoms with Gasteiger partial charge in [0, 0.05) is 18.8 Å². The van der Waals surface area contributed by atoms with Gasteiger partial charge in [0.25, 0.3) is 0 Å². The van der Waals surface area contributed by atoms with Gasteiger partial charge in [-0.2, -0.15) is 0 Å². The molecular formula is C13H19NO2S. The quantitative estimate of drug-likeness (QED) is 0.811. The van der Waals surface area contributed by atoms with Crippen LogP contribution >= 0.6 is 0 Å². The number of benzene rings is 1. The Balaban J connectivity index is 2.47. The van der Waals surface area contributed by atoms with Crippen LogP contribution in [-0.2, 0) is 9.84 Å². The Kier molecular flexibility index (Phi) is 3.17. The summed E-state index contributed by atoms with van der Waals surface area (Å²) in [6, 6.07) is 7.69. The van der Waals surface area contributed by atoms with Crippen molar-refractivity contribution >= 4 is 15.5 Å². The minimum Gasteiger partial charge on any atom is -0.367 e. The van der Waals surface area contributed by atoms with Crippen molar-refractivity contribution in [1.82, 2.24) is 0 Å². The lowest BCUT2D eigenvalue weighted by Gasteiger charge is -2.27. The number of nitrogens with zero attached hydrogens (tertiary/aromatic N) is 1. The average molecular weight is 253 g/mol. The molecule has 1 aliphatic rings. The molecule has 94 valence electrons. The monoisotopic (exact) mass is 253 g/mol. The van der Waals surface area contributed by atoms with Gasteiger partial charge in [0.2, 0.25) is 0 Å². The van der Waals surface area contributed by atoms with E-state index in [-0.39, 0.29) is 0 Å². The Morgan fingerprint density at radius 1 is 1.24 bits per heavy atom. The number of rotatable bonds is 2. The fourth-order valence-electron chi connectivity index (χ4n) is 2.44. The predicted octanol–water partition coefficient (Wildman–Crippen LogP) is 2.32. The van der Waals surface area contributed by atoms with Crippen molar-refractivity contribution in [2.24, 2.45) is 5.92 Å². The first-order valence-corrected chi connectivity index (χ1v) is 7.86. The number of anilines is 1. The van der Waals surface area contributed by atoms with Crippen LogP contribution in [0.25, 0.3) is 0 Å². The van der Waals surface area contributed by atoms with E-state index in [9.17, 15) is 8.42 Å². The smallest absolute Gasteiger partial charge is 0.177 e. The molecule has 1 aliphatic heterocycles. The molecule has 17 heavy (non-hydrogen) atoms.